The number of carboxylic acids is 1. The molecule has 2 rings (SSSR count). The van der Waals surface area contributed by atoms with Crippen LogP contribution in [0.3, 0.4) is 0 Å². The molecule has 0 bridgehead atoms. The molecule has 1 unspecified atom stereocenters. The smallest absolute Gasteiger partial charge is 0.414 e. The summed E-state index contributed by atoms with van der Waals surface area (Å²) in [6.07, 6.45) is 2.53. The maximum atomic E-state index is 12.5. The molecule has 0 fully saturated rings. The van der Waals surface area contributed by atoms with Crippen molar-refractivity contribution in [2.75, 3.05) is 18.6 Å². The number of hydrogen-bond acceptors (Lipinski definition) is 4. The molecule has 1 aromatic rings. The lowest BCUT2D eigenvalue weighted by molar-refractivity contribution is -0.137. The summed E-state index contributed by atoms with van der Waals surface area (Å²) < 4.78 is 10.5. The third-order valence-corrected chi connectivity index (χ3v) is 4.09. The first-order valence-electron chi connectivity index (χ1n) is 7.91. The van der Waals surface area contributed by atoms with Crippen molar-refractivity contribution in [1.82, 2.24) is 0 Å². The van der Waals surface area contributed by atoms with Crippen molar-refractivity contribution >= 4 is 17.7 Å². The highest BCUT2D eigenvalue weighted by Gasteiger charge is 2.31. The highest BCUT2D eigenvalue weighted by atomic mass is 16.6. The molecule has 0 aliphatic carbocycles. The molecule has 1 aliphatic rings. The molecule has 0 saturated carbocycles. The molecule has 1 aliphatic heterocycles. The van der Waals surface area contributed by atoms with Crippen molar-refractivity contribution in [3.05, 3.63) is 23.8 Å². The lowest BCUT2D eigenvalue weighted by atomic mass is 9.94. The van der Waals surface area contributed by atoms with Gasteiger partial charge in [0.1, 0.15) is 5.75 Å². The number of methoxy groups -OCH3 is 1. The highest BCUT2D eigenvalue weighted by molar-refractivity contribution is 5.90. The fourth-order valence-electron chi connectivity index (χ4n) is 2.86. The Balaban J connectivity index is 2.11. The van der Waals surface area contributed by atoms with Gasteiger partial charge in [0.2, 0.25) is 0 Å². The van der Waals surface area contributed by atoms with Crippen molar-refractivity contribution in [2.45, 2.75) is 45.1 Å². The zero-order chi connectivity index (χ0) is 16.8. The number of ether oxygens (including phenoxy) is 2. The number of nitrogens with zero attached hydrogens (tertiary/aromatic N) is 1. The van der Waals surface area contributed by atoms with Crippen molar-refractivity contribution < 1.29 is 24.2 Å². The van der Waals surface area contributed by atoms with Gasteiger partial charge < -0.3 is 14.6 Å². The first-order valence-corrected chi connectivity index (χ1v) is 7.91. The van der Waals surface area contributed by atoms with Crippen molar-refractivity contribution in [3.63, 3.8) is 0 Å². The van der Waals surface area contributed by atoms with E-state index in [1.165, 1.54) is 0 Å². The molecule has 1 heterocycles. The number of benzene rings is 1. The molecule has 1 amide bonds. The minimum Gasteiger partial charge on any atom is -0.497 e. The van der Waals surface area contributed by atoms with E-state index < -0.39 is 12.1 Å². The number of fused-ring (bicyclic) bond motifs is 1. The summed E-state index contributed by atoms with van der Waals surface area (Å²) in [6, 6.07) is 5.77. The normalized spacial score (nSPS) is 16.6. The molecule has 0 radical (unpaired) electrons. The number of anilines is 1. The number of aryl methyl sites for hydroxylation is 1. The van der Waals surface area contributed by atoms with E-state index in [4.69, 9.17) is 14.6 Å². The third kappa shape index (κ3) is 4.15. The average molecular weight is 321 g/mol. The van der Waals surface area contributed by atoms with E-state index in [0.717, 1.165) is 36.3 Å². The Morgan fingerprint density at radius 3 is 2.83 bits per heavy atom. The SMILES string of the molecule is CCC1CCc2cc(OC)ccc2N1C(=O)OCCCC(=O)O. The predicted molar refractivity (Wildman–Crippen MR) is 86.1 cm³/mol. The van der Waals surface area contributed by atoms with Crippen LogP contribution in [0.4, 0.5) is 10.5 Å². The fourth-order valence-corrected chi connectivity index (χ4v) is 2.86. The van der Waals surface area contributed by atoms with Crippen LogP contribution in [0.5, 0.6) is 5.75 Å². The number of carbonyl (C=O) groups excluding carboxylic acids is 1. The standard InChI is InChI=1S/C17H23NO5/c1-3-13-7-6-12-11-14(22-2)8-9-15(12)18(13)17(21)23-10-4-5-16(19)20/h8-9,11,13H,3-7,10H2,1-2H3,(H,19,20). The second kappa shape index (κ2) is 7.85. The number of carboxylic acid groups (broad SMARTS) is 1. The molecular formula is C17H23NO5. The molecule has 1 aromatic carbocycles. The predicted octanol–water partition coefficient (Wildman–Crippen LogP) is 3.23. The zero-order valence-electron chi connectivity index (χ0n) is 13.6. The Hall–Kier alpha value is -2.24. The van der Waals surface area contributed by atoms with Crippen molar-refractivity contribution in [3.8, 4) is 5.75 Å². The van der Waals surface area contributed by atoms with Crippen LogP contribution in [-0.2, 0) is 16.0 Å². The van der Waals surface area contributed by atoms with Crippen LogP contribution < -0.4 is 9.64 Å². The molecule has 126 valence electrons. The summed E-state index contributed by atoms with van der Waals surface area (Å²) in [5.74, 6) is -0.114. The average Bonchev–Trinajstić information content (AvgIpc) is 2.56. The summed E-state index contributed by atoms with van der Waals surface area (Å²) in [5.41, 5.74) is 1.92. The minimum absolute atomic E-state index is 0.00171. The van der Waals surface area contributed by atoms with Crippen LogP contribution in [0.1, 0.15) is 38.2 Å². The van der Waals surface area contributed by atoms with Crippen LogP contribution in [0.25, 0.3) is 0 Å². The third-order valence-electron chi connectivity index (χ3n) is 4.09. The van der Waals surface area contributed by atoms with E-state index in [9.17, 15) is 9.59 Å². The van der Waals surface area contributed by atoms with Crippen LogP contribution in [0.2, 0.25) is 0 Å². The van der Waals surface area contributed by atoms with E-state index in [2.05, 4.69) is 0 Å². The fraction of sp³-hybridized carbons (Fsp3) is 0.529. The molecular weight excluding hydrogens is 298 g/mol. The zero-order valence-corrected chi connectivity index (χ0v) is 13.6. The van der Waals surface area contributed by atoms with Gasteiger partial charge in [-0.1, -0.05) is 6.92 Å². The lowest BCUT2D eigenvalue weighted by Crippen LogP contribution is -2.44. The molecule has 0 aromatic heterocycles. The van der Waals surface area contributed by atoms with Gasteiger partial charge in [-0.25, -0.2) is 4.79 Å². The maximum Gasteiger partial charge on any atom is 0.414 e. The van der Waals surface area contributed by atoms with Gasteiger partial charge in [-0.15, -0.1) is 0 Å². The van der Waals surface area contributed by atoms with Gasteiger partial charge in [0, 0.05) is 12.5 Å². The molecule has 23 heavy (non-hydrogen) atoms. The summed E-state index contributed by atoms with van der Waals surface area (Å²) >= 11 is 0. The highest BCUT2D eigenvalue weighted by Crippen LogP contribution is 2.34. The van der Waals surface area contributed by atoms with Gasteiger partial charge in [-0.3, -0.25) is 9.69 Å². The van der Waals surface area contributed by atoms with Gasteiger partial charge >= 0.3 is 12.1 Å². The van der Waals surface area contributed by atoms with Gasteiger partial charge in [-0.05, 0) is 49.4 Å². The van der Waals surface area contributed by atoms with Crippen LogP contribution in [0, 0.1) is 0 Å². The molecule has 1 atom stereocenters. The Morgan fingerprint density at radius 1 is 1.39 bits per heavy atom. The van der Waals surface area contributed by atoms with Crippen molar-refractivity contribution in [2.24, 2.45) is 0 Å². The summed E-state index contributed by atoms with van der Waals surface area (Å²) in [5, 5.41) is 8.62. The summed E-state index contributed by atoms with van der Waals surface area (Å²) in [7, 11) is 1.62. The molecule has 0 spiro atoms. The quantitative estimate of drug-likeness (QED) is 0.814. The Labute approximate surface area is 136 Å². The van der Waals surface area contributed by atoms with E-state index >= 15 is 0 Å². The number of rotatable bonds is 6. The molecule has 6 nitrogen and oxygen atoms in total. The number of aliphatic carboxylic acids is 1. The maximum absolute atomic E-state index is 12.5. The van der Waals surface area contributed by atoms with E-state index in [-0.39, 0.29) is 19.1 Å². The van der Waals surface area contributed by atoms with E-state index in [1.807, 2.05) is 25.1 Å². The van der Waals surface area contributed by atoms with Gasteiger partial charge in [0.15, 0.2) is 0 Å². The Bertz CT molecular complexity index is 572. The number of amides is 1. The van der Waals surface area contributed by atoms with Gasteiger partial charge in [0.25, 0.3) is 0 Å². The van der Waals surface area contributed by atoms with E-state index in [1.54, 1.807) is 12.0 Å². The molecule has 6 heteroatoms. The number of carbonyl (C=O) groups is 2. The van der Waals surface area contributed by atoms with Gasteiger partial charge in [-0.2, -0.15) is 0 Å². The Morgan fingerprint density at radius 2 is 2.17 bits per heavy atom. The topological polar surface area (TPSA) is 76.1 Å². The van der Waals surface area contributed by atoms with Gasteiger partial charge in [0.05, 0.1) is 19.4 Å². The largest absolute Gasteiger partial charge is 0.497 e. The van der Waals surface area contributed by atoms with Crippen LogP contribution in [-0.4, -0.2) is 36.9 Å². The Kier molecular flexibility index (Phi) is 5.84. The first kappa shape index (κ1) is 17.1. The second-order valence-corrected chi connectivity index (χ2v) is 5.58. The summed E-state index contributed by atoms with van der Waals surface area (Å²) in [4.78, 5) is 24.7. The minimum atomic E-state index is -0.886. The van der Waals surface area contributed by atoms with Crippen molar-refractivity contribution in [1.29, 1.82) is 0 Å². The molecule has 1 N–H and O–H groups in total. The monoisotopic (exact) mass is 321 g/mol. The van der Waals surface area contributed by atoms with E-state index in [0.29, 0.717) is 6.42 Å². The lowest BCUT2D eigenvalue weighted by Gasteiger charge is -2.36. The number of hydrogen-bond donors (Lipinski definition) is 1. The van der Waals surface area contributed by atoms with Crippen LogP contribution in [0.15, 0.2) is 18.2 Å². The second-order valence-electron chi connectivity index (χ2n) is 5.58. The molecule has 0 saturated heterocycles. The first-order chi connectivity index (χ1) is 11.1. The summed E-state index contributed by atoms with van der Waals surface area (Å²) in [6.45, 7) is 2.16. The van der Waals surface area contributed by atoms with Crippen LogP contribution >= 0.6 is 0 Å².